The molecule has 2 aromatic carbocycles. The SMILES string of the molecule is Cc1ccc(CNc2ncnc(N3CCN(Cc4ccccc4)CC3)c2[N+](=O)[O-])cc1. The van der Waals surface area contributed by atoms with Crippen molar-refractivity contribution in [3.05, 3.63) is 87.7 Å². The molecule has 8 heteroatoms. The van der Waals surface area contributed by atoms with E-state index in [1.807, 2.05) is 54.3 Å². The minimum Gasteiger partial charge on any atom is -0.360 e. The summed E-state index contributed by atoms with van der Waals surface area (Å²) >= 11 is 0. The van der Waals surface area contributed by atoms with Gasteiger partial charge in [0.2, 0.25) is 11.6 Å². The summed E-state index contributed by atoms with van der Waals surface area (Å²) in [5, 5.41) is 15.0. The van der Waals surface area contributed by atoms with Crippen LogP contribution in [0.2, 0.25) is 0 Å². The topological polar surface area (TPSA) is 87.4 Å². The summed E-state index contributed by atoms with van der Waals surface area (Å²) in [7, 11) is 0. The van der Waals surface area contributed by atoms with E-state index in [0.29, 0.717) is 25.5 Å². The summed E-state index contributed by atoms with van der Waals surface area (Å²) in [5.74, 6) is 0.632. The average Bonchev–Trinajstić information content (AvgIpc) is 2.79. The highest BCUT2D eigenvalue weighted by Crippen LogP contribution is 2.32. The summed E-state index contributed by atoms with van der Waals surface area (Å²) in [4.78, 5) is 24.3. The Morgan fingerprint density at radius 2 is 1.68 bits per heavy atom. The van der Waals surface area contributed by atoms with Crippen molar-refractivity contribution in [2.75, 3.05) is 36.4 Å². The highest BCUT2D eigenvalue weighted by atomic mass is 16.6. The first-order valence-electron chi connectivity index (χ1n) is 10.4. The average molecular weight is 419 g/mol. The number of aryl methyl sites for hydroxylation is 1. The predicted octanol–water partition coefficient (Wildman–Crippen LogP) is 3.63. The van der Waals surface area contributed by atoms with E-state index in [2.05, 4.69) is 32.3 Å². The van der Waals surface area contributed by atoms with Crippen LogP contribution in [0.1, 0.15) is 16.7 Å². The third-order valence-corrected chi connectivity index (χ3v) is 5.49. The molecule has 1 aliphatic heterocycles. The van der Waals surface area contributed by atoms with Gasteiger partial charge in [-0.2, -0.15) is 0 Å². The number of benzene rings is 2. The molecule has 0 saturated carbocycles. The monoisotopic (exact) mass is 418 g/mol. The fourth-order valence-corrected chi connectivity index (χ4v) is 3.75. The molecule has 1 aliphatic rings. The minimum atomic E-state index is -0.386. The van der Waals surface area contributed by atoms with Crippen LogP contribution in [-0.4, -0.2) is 46.0 Å². The molecule has 8 nitrogen and oxygen atoms in total. The molecule has 0 bridgehead atoms. The van der Waals surface area contributed by atoms with Crippen LogP contribution in [0.4, 0.5) is 17.3 Å². The van der Waals surface area contributed by atoms with Gasteiger partial charge in [-0.1, -0.05) is 60.2 Å². The van der Waals surface area contributed by atoms with Gasteiger partial charge >= 0.3 is 5.69 Å². The lowest BCUT2D eigenvalue weighted by Gasteiger charge is -2.35. The van der Waals surface area contributed by atoms with Crippen LogP contribution in [0.15, 0.2) is 60.9 Å². The summed E-state index contributed by atoms with van der Waals surface area (Å²) < 4.78 is 0. The van der Waals surface area contributed by atoms with Crippen LogP contribution >= 0.6 is 0 Å². The molecule has 0 atom stereocenters. The first-order valence-corrected chi connectivity index (χ1v) is 10.4. The zero-order valence-electron chi connectivity index (χ0n) is 17.6. The zero-order chi connectivity index (χ0) is 21.6. The number of hydrogen-bond acceptors (Lipinski definition) is 7. The second-order valence-electron chi connectivity index (χ2n) is 7.74. The molecular formula is C23H26N6O2. The molecule has 1 N–H and O–H groups in total. The molecule has 0 amide bonds. The van der Waals surface area contributed by atoms with Crippen molar-refractivity contribution in [1.29, 1.82) is 0 Å². The number of piperazine rings is 1. The number of nitro groups is 1. The number of aromatic nitrogens is 2. The van der Waals surface area contributed by atoms with Gasteiger partial charge in [0.25, 0.3) is 0 Å². The van der Waals surface area contributed by atoms with Gasteiger partial charge in [0.05, 0.1) is 4.92 Å². The van der Waals surface area contributed by atoms with E-state index in [1.54, 1.807) is 0 Å². The van der Waals surface area contributed by atoms with E-state index < -0.39 is 0 Å². The van der Waals surface area contributed by atoms with Gasteiger partial charge in [-0.25, -0.2) is 9.97 Å². The molecule has 3 aromatic rings. The maximum Gasteiger partial charge on any atom is 0.353 e. The van der Waals surface area contributed by atoms with Crippen LogP contribution in [-0.2, 0) is 13.1 Å². The van der Waals surface area contributed by atoms with Crippen LogP contribution in [0.25, 0.3) is 0 Å². The van der Waals surface area contributed by atoms with Crippen molar-refractivity contribution in [2.24, 2.45) is 0 Å². The maximum atomic E-state index is 11.9. The fourth-order valence-electron chi connectivity index (χ4n) is 3.75. The summed E-state index contributed by atoms with van der Waals surface area (Å²) in [6, 6.07) is 18.4. The smallest absolute Gasteiger partial charge is 0.353 e. The number of nitrogens with zero attached hydrogens (tertiary/aromatic N) is 5. The van der Waals surface area contributed by atoms with Gasteiger partial charge in [0.1, 0.15) is 6.33 Å². The van der Waals surface area contributed by atoms with E-state index >= 15 is 0 Å². The Kier molecular flexibility index (Phi) is 6.37. The standard InChI is InChI=1S/C23H26N6O2/c1-18-7-9-19(10-8-18)15-24-22-21(29(30)31)23(26-17-25-22)28-13-11-27(12-14-28)16-20-5-3-2-4-6-20/h2-10,17H,11-16H2,1H3,(H,24,25,26). The first-order chi connectivity index (χ1) is 15.1. The normalized spacial score (nSPS) is 14.4. The van der Waals surface area contributed by atoms with Gasteiger partial charge in [-0.15, -0.1) is 0 Å². The van der Waals surface area contributed by atoms with Gasteiger partial charge in [0.15, 0.2) is 0 Å². The van der Waals surface area contributed by atoms with Crippen LogP contribution in [0, 0.1) is 17.0 Å². The van der Waals surface area contributed by atoms with Crippen LogP contribution < -0.4 is 10.2 Å². The summed E-state index contributed by atoms with van der Waals surface area (Å²) in [6.07, 6.45) is 1.40. The van der Waals surface area contributed by atoms with Gasteiger partial charge in [-0.05, 0) is 18.1 Å². The molecule has 31 heavy (non-hydrogen) atoms. The second kappa shape index (κ2) is 9.53. The molecule has 160 valence electrons. The van der Waals surface area contributed by atoms with Crippen molar-refractivity contribution >= 4 is 17.3 Å². The van der Waals surface area contributed by atoms with Gasteiger partial charge < -0.3 is 10.2 Å². The van der Waals surface area contributed by atoms with Crippen molar-refractivity contribution in [3.8, 4) is 0 Å². The molecule has 2 heterocycles. The Morgan fingerprint density at radius 1 is 0.968 bits per heavy atom. The van der Waals surface area contributed by atoms with Gasteiger partial charge in [-0.3, -0.25) is 15.0 Å². The number of nitrogens with one attached hydrogen (secondary N) is 1. The van der Waals surface area contributed by atoms with E-state index in [4.69, 9.17) is 0 Å². The van der Waals surface area contributed by atoms with E-state index in [9.17, 15) is 10.1 Å². The molecule has 1 saturated heterocycles. The Balaban J connectivity index is 1.45. The maximum absolute atomic E-state index is 11.9. The predicted molar refractivity (Wildman–Crippen MR) is 121 cm³/mol. The lowest BCUT2D eigenvalue weighted by atomic mass is 10.1. The third-order valence-electron chi connectivity index (χ3n) is 5.49. The quantitative estimate of drug-likeness (QED) is 0.463. The second-order valence-corrected chi connectivity index (χ2v) is 7.74. The Hall–Kier alpha value is -3.52. The van der Waals surface area contributed by atoms with Crippen LogP contribution in [0.3, 0.4) is 0 Å². The number of anilines is 2. The van der Waals surface area contributed by atoms with E-state index in [-0.39, 0.29) is 16.4 Å². The molecule has 0 unspecified atom stereocenters. The molecule has 4 rings (SSSR count). The molecule has 1 aromatic heterocycles. The minimum absolute atomic E-state index is 0.0638. The Morgan fingerprint density at radius 3 is 2.35 bits per heavy atom. The Labute approximate surface area is 181 Å². The molecular weight excluding hydrogens is 392 g/mol. The third kappa shape index (κ3) is 5.16. The van der Waals surface area contributed by atoms with Crippen LogP contribution in [0.5, 0.6) is 0 Å². The van der Waals surface area contributed by atoms with Crippen molar-refractivity contribution in [3.63, 3.8) is 0 Å². The molecule has 0 aliphatic carbocycles. The van der Waals surface area contributed by atoms with Crippen molar-refractivity contribution in [2.45, 2.75) is 20.0 Å². The zero-order valence-corrected chi connectivity index (χ0v) is 17.6. The summed E-state index contributed by atoms with van der Waals surface area (Å²) in [6.45, 7) is 6.37. The van der Waals surface area contributed by atoms with Crippen molar-refractivity contribution < 1.29 is 4.92 Å². The summed E-state index contributed by atoms with van der Waals surface area (Å²) in [5.41, 5.74) is 3.41. The molecule has 0 radical (unpaired) electrons. The molecule has 1 fully saturated rings. The highest BCUT2D eigenvalue weighted by Gasteiger charge is 2.29. The lowest BCUT2D eigenvalue weighted by Crippen LogP contribution is -2.46. The van der Waals surface area contributed by atoms with Crippen molar-refractivity contribution in [1.82, 2.24) is 14.9 Å². The largest absolute Gasteiger partial charge is 0.360 e. The number of hydrogen-bond donors (Lipinski definition) is 1. The highest BCUT2D eigenvalue weighted by molar-refractivity contribution is 5.70. The molecule has 0 spiro atoms. The van der Waals surface area contributed by atoms with Gasteiger partial charge in [0, 0.05) is 39.3 Å². The number of rotatable bonds is 7. The first kappa shape index (κ1) is 20.7. The fraction of sp³-hybridized carbons (Fsp3) is 0.304. The van der Waals surface area contributed by atoms with E-state index in [1.165, 1.54) is 17.5 Å². The lowest BCUT2D eigenvalue weighted by molar-refractivity contribution is -0.383. The van der Waals surface area contributed by atoms with E-state index in [0.717, 1.165) is 25.2 Å². The Bertz CT molecular complexity index is 1020.